The summed E-state index contributed by atoms with van der Waals surface area (Å²) in [5.41, 5.74) is 3.79. The lowest BCUT2D eigenvalue weighted by Gasteiger charge is -2.16. The molecule has 0 aliphatic carbocycles. The van der Waals surface area contributed by atoms with E-state index in [4.69, 9.17) is 5.11 Å². The van der Waals surface area contributed by atoms with Crippen molar-refractivity contribution in [2.75, 3.05) is 6.61 Å². The summed E-state index contributed by atoms with van der Waals surface area (Å²) < 4.78 is 0. The van der Waals surface area contributed by atoms with Crippen LogP contribution in [0.5, 0.6) is 5.75 Å². The number of aromatic hydroxyl groups is 1. The number of aliphatic hydroxyl groups is 2. The molecule has 1 aromatic heterocycles. The second-order valence-corrected chi connectivity index (χ2v) is 6.12. The molecule has 0 saturated carbocycles. The maximum absolute atomic E-state index is 10.5. The highest BCUT2D eigenvalue weighted by Crippen LogP contribution is 2.27. The molecule has 1 heterocycles. The molecule has 1 aromatic carbocycles. The number of aliphatic hydroxyl groups excluding tert-OH is 2. The summed E-state index contributed by atoms with van der Waals surface area (Å²) in [5.74, 6) is 0.198. The molecule has 4 nitrogen and oxygen atoms in total. The zero-order valence-electron chi connectivity index (χ0n) is 15.0. The smallest absolute Gasteiger partial charge is 0.122 e. The largest absolute Gasteiger partial charge is 0.507 e. The van der Waals surface area contributed by atoms with Crippen LogP contribution >= 0.6 is 0 Å². The van der Waals surface area contributed by atoms with Gasteiger partial charge in [0.25, 0.3) is 0 Å². The summed E-state index contributed by atoms with van der Waals surface area (Å²) in [6.45, 7) is 5.53. The standard InChI is InChI=1S/C22H25NO3/c1-16(2)19(12-14-24)22(26)11-10-17(20-8-5-6-13-23-20)15-18-7-3-4-9-21(18)25/h3-9,12-13,15,22,24-26H,1,10-11,14H2,2H3/b17-15-,19-12-. The molecule has 3 N–H and O–H groups in total. The van der Waals surface area contributed by atoms with Crippen molar-refractivity contribution >= 4 is 11.6 Å². The first-order valence-corrected chi connectivity index (χ1v) is 8.57. The van der Waals surface area contributed by atoms with Crippen LogP contribution in [0.25, 0.3) is 11.6 Å². The van der Waals surface area contributed by atoms with Crippen molar-refractivity contribution in [1.82, 2.24) is 4.98 Å². The molecule has 26 heavy (non-hydrogen) atoms. The summed E-state index contributed by atoms with van der Waals surface area (Å²) in [5, 5.41) is 29.7. The first-order valence-electron chi connectivity index (χ1n) is 8.57. The fraction of sp³-hybridized carbons (Fsp3) is 0.227. The van der Waals surface area contributed by atoms with E-state index in [9.17, 15) is 10.2 Å². The number of hydrogen-bond donors (Lipinski definition) is 3. The molecule has 0 bridgehead atoms. The van der Waals surface area contributed by atoms with Gasteiger partial charge in [-0.3, -0.25) is 4.98 Å². The topological polar surface area (TPSA) is 73.6 Å². The molecule has 0 aliphatic rings. The minimum absolute atomic E-state index is 0.139. The van der Waals surface area contributed by atoms with E-state index in [2.05, 4.69) is 11.6 Å². The maximum atomic E-state index is 10.5. The van der Waals surface area contributed by atoms with Crippen LogP contribution in [0.2, 0.25) is 0 Å². The highest BCUT2D eigenvalue weighted by atomic mass is 16.3. The van der Waals surface area contributed by atoms with Crippen molar-refractivity contribution in [2.45, 2.75) is 25.9 Å². The number of allylic oxidation sites excluding steroid dienone is 1. The van der Waals surface area contributed by atoms with Gasteiger partial charge < -0.3 is 15.3 Å². The number of aromatic nitrogens is 1. The number of nitrogens with zero attached hydrogens (tertiary/aromatic N) is 1. The van der Waals surface area contributed by atoms with E-state index in [-0.39, 0.29) is 12.4 Å². The van der Waals surface area contributed by atoms with E-state index < -0.39 is 6.10 Å². The van der Waals surface area contributed by atoms with Gasteiger partial charge in [0.05, 0.1) is 18.4 Å². The number of phenolic OH excluding ortho intramolecular Hbond substituents is 1. The Morgan fingerprint density at radius 1 is 1.19 bits per heavy atom. The van der Waals surface area contributed by atoms with Gasteiger partial charge in [-0.25, -0.2) is 0 Å². The van der Waals surface area contributed by atoms with Gasteiger partial charge in [0.1, 0.15) is 5.75 Å². The number of para-hydroxylation sites is 1. The lowest BCUT2D eigenvalue weighted by atomic mass is 9.94. The summed E-state index contributed by atoms with van der Waals surface area (Å²) in [7, 11) is 0. The van der Waals surface area contributed by atoms with E-state index in [1.807, 2.05) is 43.3 Å². The quantitative estimate of drug-likeness (QED) is 0.629. The van der Waals surface area contributed by atoms with E-state index >= 15 is 0 Å². The van der Waals surface area contributed by atoms with Crippen molar-refractivity contribution in [3.05, 3.63) is 83.7 Å². The van der Waals surface area contributed by atoms with Crippen molar-refractivity contribution < 1.29 is 15.3 Å². The number of pyridine rings is 1. The Balaban J connectivity index is 2.27. The highest BCUT2D eigenvalue weighted by molar-refractivity contribution is 5.81. The van der Waals surface area contributed by atoms with Gasteiger partial charge >= 0.3 is 0 Å². The molecule has 2 rings (SSSR count). The molecule has 4 heteroatoms. The molecule has 0 saturated heterocycles. The van der Waals surface area contributed by atoms with Gasteiger partial charge in [0.2, 0.25) is 0 Å². The fourth-order valence-corrected chi connectivity index (χ4v) is 2.76. The Morgan fingerprint density at radius 2 is 1.92 bits per heavy atom. The first kappa shape index (κ1) is 19.6. The normalized spacial score (nSPS) is 13.5. The Hall–Kier alpha value is -2.69. The lowest BCUT2D eigenvalue weighted by Crippen LogP contribution is -2.12. The average molecular weight is 351 g/mol. The SMILES string of the molecule is C=C(C)/C(=C/CO)C(O)CC/C(=C/c1ccccc1O)c1ccccn1. The lowest BCUT2D eigenvalue weighted by molar-refractivity contribution is 0.203. The zero-order chi connectivity index (χ0) is 18.9. The van der Waals surface area contributed by atoms with E-state index in [1.165, 1.54) is 0 Å². The molecular formula is C22H25NO3. The predicted molar refractivity (Wildman–Crippen MR) is 105 cm³/mol. The number of benzene rings is 1. The van der Waals surface area contributed by atoms with Crippen LogP contribution in [0, 0.1) is 0 Å². The fourth-order valence-electron chi connectivity index (χ4n) is 2.76. The maximum Gasteiger partial charge on any atom is 0.122 e. The van der Waals surface area contributed by atoms with Crippen molar-refractivity contribution in [1.29, 1.82) is 0 Å². The predicted octanol–water partition coefficient (Wildman–Crippen LogP) is 3.96. The Bertz CT molecular complexity index is 794. The van der Waals surface area contributed by atoms with Crippen molar-refractivity contribution in [2.24, 2.45) is 0 Å². The number of hydrogen-bond acceptors (Lipinski definition) is 4. The number of rotatable bonds is 8. The first-order chi connectivity index (χ1) is 12.5. The monoisotopic (exact) mass is 351 g/mol. The number of phenols is 1. The summed E-state index contributed by atoms with van der Waals surface area (Å²) in [4.78, 5) is 4.40. The van der Waals surface area contributed by atoms with E-state index in [0.717, 1.165) is 16.8 Å². The van der Waals surface area contributed by atoms with Gasteiger partial charge in [0.15, 0.2) is 0 Å². The second kappa shape index (κ2) is 9.70. The summed E-state index contributed by atoms with van der Waals surface area (Å²) in [6.07, 6.45) is 5.48. The van der Waals surface area contributed by atoms with Gasteiger partial charge in [0, 0.05) is 11.8 Å². The molecule has 2 aromatic rings. The summed E-state index contributed by atoms with van der Waals surface area (Å²) in [6, 6.07) is 12.8. The van der Waals surface area contributed by atoms with E-state index in [1.54, 1.807) is 24.4 Å². The van der Waals surface area contributed by atoms with Crippen LogP contribution in [0.3, 0.4) is 0 Å². The molecule has 136 valence electrons. The third-order valence-electron chi connectivity index (χ3n) is 4.11. The Morgan fingerprint density at radius 3 is 2.54 bits per heavy atom. The molecule has 0 amide bonds. The molecular weight excluding hydrogens is 326 g/mol. The minimum Gasteiger partial charge on any atom is -0.507 e. The van der Waals surface area contributed by atoms with Crippen LogP contribution in [0.4, 0.5) is 0 Å². The van der Waals surface area contributed by atoms with Crippen LogP contribution in [0.1, 0.15) is 31.0 Å². The minimum atomic E-state index is -0.726. The van der Waals surface area contributed by atoms with Crippen molar-refractivity contribution in [3.63, 3.8) is 0 Å². The third-order valence-corrected chi connectivity index (χ3v) is 4.11. The highest BCUT2D eigenvalue weighted by Gasteiger charge is 2.14. The second-order valence-electron chi connectivity index (χ2n) is 6.12. The van der Waals surface area contributed by atoms with Gasteiger partial charge in [-0.15, -0.1) is 0 Å². The molecule has 1 atom stereocenters. The average Bonchev–Trinajstić information content (AvgIpc) is 2.64. The van der Waals surface area contributed by atoms with Crippen LogP contribution < -0.4 is 0 Å². The van der Waals surface area contributed by atoms with Crippen LogP contribution in [0.15, 0.2) is 72.5 Å². The Labute approximate surface area is 154 Å². The molecule has 1 unspecified atom stereocenters. The van der Waals surface area contributed by atoms with E-state index in [0.29, 0.717) is 24.0 Å². The van der Waals surface area contributed by atoms with Crippen LogP contribution in [-0.2, 0) is 0 Å². The van der Waals surface area contributed by atoms with Gasteiger partial charge in [-0.1, -0.05) is 42.5 Å². The molecule has 0 radical (unpaired) electrons. The molecule has 0 spiro atoms. The van der Waals surface area contributed by atoms with Gasteiger partial charge in [-0.2, -0.15) is 0 Å². The molecule has 0 aliphatic heterocycles. The zero-order valence-corrected chi connectivity index (χ0v) is 15.0. The van der Waals surface area contributed by atoms with Crippen molar-refractivity contribution in [3.8, 4) is 5.75 Å². The molecule has 0 fully saturated rings. The Kier molecular flexibility index (Phi) is 7.33. The third kappa shape index (κ3) is 5.41. The van der Waals surface area contributed by atoms with Gasteiger partial charge in [-0.05, 0) is 55.2 Å². The summed E-state index contributed by atoms with van der Waals surface area (Å²) >= 11 is 0. The van der Waals surface area contributed by atoms with Crippen LogP contribution in [-0.4, -0.2) is 33.0 Å².